The Labute approximate surface area is 125 Å². The highest BCUT2D eigenvalue weighted by molar-refractivity contribution is 5.75. The summed E-state index contributed by atoms with van der Waals surface area (Å²) in [5.41, 5.74) is 1.07. The van der Waals surface area contributed by atoms with Crippen LogP contribution in [-0.2, 0) is 11.3 Å². The van der Waals surface area contributed by atoms with Gasteiger partial charge in [0.25, 0.3) is 0 Å². The summed E-state index contributed by atoms with van der Waals surface area (Å²) in [6.45, 7) is 0.292. The van der Waals surface area contributed by atoms with Crippen LogP contribution in [0.4, 0.5) is 5.69 Å². The highest BCUT2D eigenvalue weighted by atomic mass is 16.1. The molecule has 0 radical (unpaired) electrons. The highest BCUT2D eigenvalue weighted by Crippen LogP contribution is 2.54. The zero-order valence-corrected chi connectivity index (χ0v) is 12.6. The molecule has 0 spiro atoms. The van der Waals surface area contributed by atoms with E-state index in [1.807, 2.05) is 12.4 Å². The molecule has 1 amide bonds. The first-order valence-electron chi connectivity index (χ1n) is 8.21. The fraction of sp³-hybridized carbons (Fsp3) is 0.750. The van der Waals surface area contributed by atoms with Crippen LogP contribution in [0.15, 0.2) is 12.4 Å². The monoisotopic (exact) mass is 288 g/mol. The van der Waals surface area contributed by atoms with Crippen LogP contribution in [0.5, 0.6) is 0 Å². The molecule has 1 aromatic heterocycles. The number of hydrogen-bond donors (Lipinski definition) is 2. The van der Waals surface area contributed by atoms with Gasteiger partial charge in [-0.1, -0.05) is 0 Å². The minimum Gasteiger partial charge on any atom is -0.379 e. The van der Waals surface area contributed by atoms with Crippen molar-refractivity contribution in [3.8, 4) is 0 Å². The van der Waals surface area contributed by atoms with Crippen molar-refractivity contribution in [2.45, 2.75) is 44.7 Å². The second kappa shape index (κ2) is 5.04. The number of carbonyl (C=O) groups is 1. The lowest BCUT2D eigenvalue weighted by molar-refractivity contribution is -0.121. The topological polar surface area (TPSA) is 59.0 Å². The molecule has 0 aliphatic heterocycles. The molecule has 4 aliphatic carbocycles. The van der Waals surface area contributed by atoms with Crippen molar-refractivity contribution in [1.82, 2.24) is 15.1 Å². The van der Waals surface area contributed by atoms with Crippen LogP contribution in [0.1, 0.15) is 32.1 Å². The van der Waals surface area contributed by atoms with Crippen molar-refractivity contribution in [3.05, 3.63) is 12.4 Å². The van der Waals surface area contributed by atoms with Crippen LogP contribution in [0.3, 0.4) is 0 Å². The molecule has 0 saturated heterocycles. The Morgan fingerprint density at radius 1 is 1.24 bits per heavy atom. The standard InChI is InChI=1S/C16H24N4O/c1-17-15(21)9-20-8-14(7-18-20)19-16-12-3-10-2-11(5-12)6-13(16)4-10/h7-8,10-13,16,19H,2-6,9H2,1H3,(H,17,21). The number of nitrogens with zero attached hydrogens (tertiary/aromatic N) is 2. The molecule has 5 rings (SSSR count). The first kappa shape index (κ1) is 13.2. The van der Waals surface area contributed by atoms with E-state index in [2.05, 4.69) is 15.7 Å². The summed E-state index contributed by atoms with van der Waals surface area (Å²) in [6, 6.07) is 0.621. The molecule has 0 aromatic carbocycles. The minimum atomic E-state index is -0.0146. The molecular weight excluding hydrogens is 264 g/mol. The molecule has 0 atom stereocenters. The Morgan fingerprint density at radius 3 is 2.52 bits per heavy atom. The van der Waals surface area contributed by atoms with Gasteiger partial charge in [0.1, 0.15) is 6.54 Å². The Morgan fingerprint density at radius 2 is 1.90 bits per heavy atom. The van der Waals surface area contributed by atoms with Crippen molar-refractivity contribution < 1.29 is 4.79 Å². The number of anilines is 1. The van der Waals surface area contributed by atoms with Crippen LogP contribution in [0.2, 0.25) is 0 Å². The lowest BCUT2D eigenvalue weighted by Crippen LogP contribution is -2.51. The second-order valence-corrected chi connectivity index (χ2v) is 7.20. The first-order chi connectivity index (χ1) is 10.2. The quantitative estimate of drug-likeness (QED) is 0.889. The van der Waals surface area contributed by atoms with Gasteiger partial charge in [-0.15, -0.1) is 0 Å². The van der Waals surface area contributed by atoms with Crippen LogP contribution in [-0.4, -0.2) is 28.8 Å². The van der Waals surface area contributed by atoms with Crippen LogP contribution in [0.25, 0.3) is 0 Å². The van der Waals surface area contributed by atoms with E-state index in [0.29, 0.717) is 12.6 Å². The molecule has 4 bridgehead atoms. The van der Waals surface area contributed by atoms with Gasteiger partial charge >= 0.3 is 0 Å². The normalized spacial score (nSPS) is 36.7. The van der Waals surface area contributed by atoms with Gasteiger partial charge in [0.05, 0.1) is 11.9 Å². The number of carbonyl (C=O) groups excluding carboxylic acids is 1. The largest absolute Gasteiger partial charge is 0.379 e. The molecule has 4 fully saturated rings. The van der Waals surface area contributed by atoms with Gasteiger partial charge in [-0.05, 0) is 55.8 Å². The van der Waals surface area contributed by atoms with E-state index in [1.165, 1.54) is 32.1 Å². The molecule has 2 N–H and O–H groups in total. The van der Waals surface area contributed by atoms with Gasteiger partial charge < -0.3 is 10.6 Å². The van der Waals surface area contributed by atoms with Crippen LogP contribution < -0.4 is 10.6 Å². The number of amides is 1. The van der Waals surface area contributed by atoms with E-state index in [4.69, 9.17) is 0 Å². The van der Waals surface area contributed by atoms with E-state index < -0.39 is 0 Å². The Bertz CT molecular complexity index is 510. The fourth-order valence-electron chi connectivity index (χ4n) is 5.10. The number of likely N-dealkylation sites (N-methyl/N-ethyl adjacent to an activating group) is 1. The maximum Gasteiger partial charge on any atom is 0.241 e. The van der Waals surface area contributed by atoms with Gasteiger partial charge in [-0.3, -0.25) is 9.48 Å². The summed E-state index contributed by atoms with van der Waals surface area (Å²) < 4.78 is 1.71. The van der Waals surface area contributed by atoms with E-state index in [0.717, 1.165) is 29.4 Å². The summed E-state index contributed by atoms with van der Waals surface area (Å²) in [6.07, 6.45) is 11.0. The lowest BCUT2D eigenvalue weighted by atomic mass is 9.54. The van der Waals surface area contributed by atoms with Gasteiger partial charge in [0.15, 0.2) is 0 Å². The average Bonchev–Trinajstić information content (AvgIpc) is 2.89. The maximum absolute atomic E-state index is 11.4. The molecule has 21 heavy (non-hydrogen) atoms. The second-order valence-electron chi connectivity index (χ2n) is 7.20. The van der Waals surface area contributed by atoms with E-state index in [-0.39, 0.29) is 5.91 Å². The average molecular weight is 288 g/mol. The number of rotatable bonds is 4. The summed E-state index contributed by atoms with van der Waals surface area (Å²) >= 11 is 0. The van der Waals surface area contributed by atoms with Crippen molar-refractivity contribution in [2.24, 2.45) is 23.7 Å². The molecule has 114 valence electrons. The lowest BCUT2D eigenvalue weighted by Gasteiger charge is -2.54. The van der Waals surface area contributed by atoms with Crippen LogP contribution in [0, 0.1) is 23.7 Å². The Kier molecular flexibility index (Phi) is 3.16. The zero-order chi connectivity index (χ0) is 14.4. The van der Waals surface area contributed by atoms with Gasteiger partial charge in [-0.2, -0.15) is 5.10 Å². The summed E-state index contributed by atoms with van der Waals surface area (Å²) in [7, 11) is 1.65. The summed E-state index contributed by atoms with van der Waals surface area (Å²) in [4.78, 5) is 11.4. The maximum atomic E-state index is 11.4. The molecule has 4 saturated carbocycles. The van der Waals surface area contributed by atoms with Gasteiger partial charge in [0.2, 0.25) is 5.91 Å². The van der Waals surface area contributed by atoms with Gasteiger partial charge in [0, 0.05) is 19.3 Å². The molecule has 1 heterocycles. The van der Waals surface area contributed by atoms with Crippen molar-refractivity contribution in [3.63, 3.8) is 0 Å². The molecule has 1 aromatic rings. The smallest absolute Gasteiger partial charge is 0.241 e. The SMILES string of the molecule is CNC(=O)Cn1cc(NC2C3CC4CC(C3)CC2C4)cn1. The molecule has 4 aliphatic rings. The van der Waals surface area contributed by atoms with Crippen molar-refractivity contribution in [2.75, 3.05) is 12.4 Å². The third-order valence-electron chi connectivity index (χ3n) is 5.78. The third kappa shape index (κ3) is 2.43. The Hall–Kier alpha value is -1.52. The summed E-state index contributed by atoms with van der Waals surface area (Å²) in [5, 5.41) is 10.6. The molecule has 5 nitrogen and oxygen atoms in total. The minimum absolute atomic E-state index is 0.0146. The molecular formula is C16H24N4O. The van der Waals surface area contributed by atoms with E-state index >= 15 is 0 Å². The van der Waals surface area contributed by atoms with Crippen LogP contribution >= 0.6 is 0 Å². The Balaban J connectivity index is 1.43. The van der Waals surface area contributed by atoms with Crippen molar-refractivity contribution in [1.29, 1.82) is 0 Å². The van der Waals surface area contributed by atoms with E-state index in [1.54, 1.807) is 11.7 Å². The summed E-state index contributed by atoms with van der Waals surface area (Å²) in [5.74, 6) is 3.69. The number of aromatic nitrogens is 2. The molecule has 5 heteroatoms. The fourth-order valence-corrected chi connectivity index (χ4v) is 5.10. The zero-order valence-electron chi connectivity index (χ0n) is 12.6. The number of nitrogens with one attached hydrogen (secondary N) is 2. The molecule has 0 unspecified atom stereocenters. The highest BCUT2D eigenvalue weighted by Gasteiger charge is 2.48. The number of hydrogen-bond acceptors (Lipinski definition) is 3. The van der Waals surface area contributed by atoms with E-state index in [9.17, 15) is 4.79 Å². The third-order valence-corrected chi connectivity index (χ3v) is 5.78. The van der Waals surface area contributed by atoms with Crippen molar-refractivity contribution >= 4 is 11.6 Å². The van der Waals surface area contributed by atoms with Gasteiger partial charge in [-0.25, -0.2) is 0 Å². The predicted molar refractivity (Wildman–Crippen MR) is 80.7 cm³/mol. The first-order valence-corrected chi connectivity index (χ1v) is 8.21. The predicted octanol–water partition coefficient (Wildman–Crippen LogP) is 1.87.